The van der Waals surface area contributed by atoms with Gasteiger partial charge in [-0.2, -0.15) is 0 Å². The Morgan fingerprint density at radius 2 is 2.47 bits per heavy atom. The van der Waals surface area contributed by atoms with Gasteiger partial charge in [-0.05, 0) is 53.8 Å². The van der Waals surface area contributed by atoms with Gasteiger partial charge in [0.25, 0.3) is 5.91 Å². The number of carbonyl (C=O) groups is 1. The summed E-state index contributed by atoms with van der Waals surface area (Å²) in [4.78, 5) is 11.7. The number of amides is 1. The van der Waals surface area contributed by atoms with Crippen LogP contribution in [0.2, 0.25) is 0 Å². The number of hydrogen-bond acceptors (Lipinski definition) is 3. The summed E-state index contributed by atoms with van der Waals surface area (Å²) in [7, 11) is 0. The lowest BCUT2D eigenvalue weighted by Crippen LogP contribution is -2.26. The van der Waals surface area contributed by atoms with Crippen molar-refractivity contribution in [2.24, 2.45) is 5.92 Å². The lowest BCUT2D eigenvalue weighted by atomic mass is 10.1. The maximum absolute atomic E-state index is 11.7. The molecule has 1 saturated heterocycles. The van der Waals surface area contributed by atoms with E-state index >= 15 is 0 Å². The van der Waals surface area contributed by atoms with Crippen molar-refractivity contribution < 1.29 is 4.79 Å². The van der Waals surface area contributed by atoms with Gasteiger partial charge in [0.15, 0.2) is 0 Å². The molecule has 1 unspecified atom stereocenters. The molecule has 96 valence electrons. The number of hydrogen-bond donors (Lipinski definition) is 2. The van der Waals surface area contributed by atoms with E-state index in [0.29, 0.717) is 0 Å². The van der Waals surface area contributed by atoms with Crippen molar-refractivity contribution >= 4 is 45.6 Å². The minimum Gasteiger partial charge on any atom is -0.352 e. The second-order valence-electron chi connectivity index (χ2n) is 4.04. The molecule has 1 aliphatic heterocycles. The first-order chi connectivity index (χ1) is 7.75. The molecule has 0 saturated carbocycles. The summed E-state index contributed by atoms with van der Waals surface area (Å²) >= 11 is 4.89. The molecule has 2 N–H and O–H groups in total. The Bertz CT molecular complexity index is 366. The summed E-state index contributed by atoms with van der Waals surface area (Å²) in [5.41, 5.74) is 0.751. The highest BCUT2D eigenvalue weighted by Crippen LogP contribution is 2.20. The van der Waals surface area contributed by atoms with Gasteiger partial charge < -0.3 is 10.6 Å². The standard InChI is InChI=1S/C11H15BrN2OS.ClH/c12-10-5-9(7-16-10)11(15)14-4-2-8-1-3-13-6-8;/h5,7-8,13H,1-4,6H2,(H,14,15);1H. The van der Waals surface area contributed by atoms with Crippen LogP contribution < -0.4 is 10.6 Å². The number of carbonyl (C=O) groups excluding carboxylic acids is 1. The van der Waals surface area contributed by atoms with Crippen LogP contribution in [-0.2, 0) is 0 Å². The molecule has 0 aromatic carbocycles. The van der Waals surface area contributed by atoms with E-state index in [1.165, 1.54) is 17.8 Å². The first-order valence-corrected chi connectivity index (χ1v) is 7.16. The van der Waals surface area contributed by atoms with Crippen LogP contribution in [0.25, 0.3) is 0 Å². The average Bonchev–Trinajstić information content (AvgIpc) is 2.89. The Balaban J connectivity index is 0.00000144. The van der Waals surface area contributed by atoms with Crippen LogP contribution in [0.4, 0.5) is 0 Å². The highest BCUT2D eigenvalue weighted by molar-refractivity contribution is 9.11. The summed E-state index contributed by atoms with van der Waals surface area (Å²) in [5, 5.41) is 8.16. The van der Waals surface area contributed by atoms with Crippen LogP contribution in [0.15, 0.2) is 15.2 Å². The van der Waals surface area contributed by atoms with Crippen LogP contribution in [-0.4, -0.2) is 25.5 Å². The smallest absolute Gasteiger partial charge is 0.252 e. The molecule has 17 heavy (non-hydrogen) atoms. The molecule has 0 radical (unpaired) electrons. The number of rotatable bonds is 4. The summed E-state index contributed by atoms with van der Waals surface area (Å²) in [5.74, 6) is 0.766. The number of halogens is 2. The van der Waals surface area contributed by atoms with Crippen LogP contribution in [0, 0.1) is 5.92 Å². The van der Waals surface area contributed by atoms with Crippen LogP contribution in [0.5, 0.6) is 0 Å². The van der Waals surface area contributed by atoms with Gasteiger partial charge in [0, 0.05) is 11.9 Å². The predicted octanol–water partition coefficient (Wildman–Crippen LogP) is 2.66. The van der Waals surface area contributed by atoms with E-state index in [4.69, 9.17) is 0 Å². The molecule has 1 aromatic rings. The van der Waals surface area contributed by atoms with Crippen LogP contribution in [0.1, 0.15) is 23.2 Å². The summed E-state index contributed by atoms with van der Waals surface area (Å²) in [6, 6.07) is 1.86. The van der Waals surface area contributed by atoms with Crippen molar-refractivity contribution in [3.63, 3.8) is 0 Å². The van der Waals surface area contributed by atoms with E-state index in [1.807, 2.05) is 11.4 Å². The van der Waals surface area contributed by atoms with Crippen molar-refractivity contribution in [1.82, 2.24) is 10.6 Å². The molecule has 0 spiro atoms. The van der Waals surface area contributed by atoms with E-state index in [9.17, 15) is 4.79 Å². The summed E-state index contributed by atoms with van der Waals surface area (Å²) in [6.45, 7) is 2.99. The van der Waals surface area contributed by atoms with E-state index in [1.54, 1.807) is 0 Å². The summed E-state index contributed by atoms with van der Waals surface area (Å²) in [6.07, 6.45) is 2.31. The van der Waals surface area contributed by atoms with Gasteiger partial charge >= 0.3 is 0 Å². The average molecular weight is 340 g/mol. The molecular formula is C11H16BrClN2OS. The fourth-order valence-electron chi connectivity index (χ4n) is 1.88. The van der Waals surface area contributed by atoms with Crippen molar-refractivity contribution in [3.05, 3.63) is 20.8 Å². The van der Waals surface area contributed by atoms with Gasteiger partial charge in [-0.1, -0.05) is 0 Å². The third kappa shape index (κ3) is 4.58. The molecule has 2 rings (SSSR count). The Labute approximate surface area is 120 Å². The number of nitrogens with one attached hydrogen (secondary N) is 2. The van der Waals surface area contributed by atoms with Gasteiger partial charge in [0.05, 0.1) is 9.35 Å². The van der Waals surface area contributed by atoms with E-state index in [0.717, 1.165) is 41.3 Å². The maximum atomic E-state index is 11.7. The molecule has 1 aliphatic rings. The Morgan fingerprint density at radius 3 is 3.06 bits per heavy atom. The molecule has 1 amide bonds. The predicted molar refractivity (Wildman–Crippen MR) is 77.2 cm³/mol. The first kappa shape index (κ1) is 15.0. The molecule has 6 heteroatoms. The minimum absolute atomic E-state index is 0. The SMILES string of the molecule is Cl.O=C(NCCC1CCNC1)c1csc(Br)c1. The molecule has 1 fully saturated rings. The molecule has 3 nitrogen and oxygen atoms in total. The molecule has 2 heterocycles. The lowest BCUT2D eigenvalue weighted by molar-refractivity contribution is 0.0952. The van der Waals surface area contributed by atoms with Gasteiger partial charge in [0.2, 0.25) is 0 Å². The minimum atomic E-state index is 0. The van der Waals surface area contributed by atoms with E-state index in [2.05, 4.69) is 26.6 Å². The third-order valence-electron chi connectivity index (χ3n) is 2.83. The van der Waals surface area contributed by atoms with Crippen LogP contribution >= 0.6 is 39.7 Å². The third-order valence-corrected chi connectivity index (χ3v) is 4.33. The van der Waals surface area contributed by atoms with Gasteiger partial charge in [-0.3, -0.25) is 4.79 Å². The monoisotopic (exact) mass is 338 g/mol. The first-order valence-electron chi connectivity index (χ1n) is 5.48. The highest BCUT2D eigenvalue weighted by Gasteiger charge is 2.14. The largest absolute Gasteiger partial charge is 0.352 e. The topological polar surface area (TPSA) is 41.1 Å². The molecule has 1 atom stereocenters. The van der Waals surface area contributed by atoms with Crippen molar-refractivity contribution in [2.45, 2.75) is 12.8 Å². The van der Waals surface area contributed by atoms with Crippen molar-refractivity contribution in [1.29, 1.82) is 0 Å². The van der Waals surface area contributed by atoms with Crippen molar-refractivity contribution in [3.8, 4) is 0 Å². The Hall–Kier alpha value is -0.100. The Kier molecular flexibility index (Phi) is 6.48. The van der Waals surface area contributed by atoms with E-state index < -0.39 is 0 Å². The zero-order valence-electron chi connectivity index (χ0n) is 9.37. The fourth-order valence-corrected chi connectivity index (χ4v) is 3.02. The number of thiophene rings is 1. The molecule has 1 aromatic heterocycles. The fraction of sp³-hybridized carbons (Fsp3) is 0.545. The lowest BCUT2D eigenvalue weighted by Gasteiger charge is -2.08. The normalized spacial score (nSPS) is 18.8. The Morgan fingerprint density at radius 1 is 1.65 bits per heavy atom. The maximum Gasteiger partial charge on any atom is 0.252 e. The second kappa shape index (κ2) is 7.36. The van der Waals surface area contributed by atoms with E-state index in [-0.39, 0.29) is 18.3 Å². The zero-order chi connectivity index (χ0) is 11.4. The van der Waals surface area contributed by atoms with Gasteiger partial charge in [0.1, 0.15) is 0 Å². The van der Waals surface area contributed by atoms with Crippen molar-refractivity contribution in [2.75, 3.05) is 19.6 Å². The van der Waals surface area contributed by atoms with Crippen LogP contribution in [0.3, 0.4) is 0 Å². The van der Waals surface area contributed by atoms with Gasteiger partial charge in [-0.25, -0.2) is 0 Å². The second-order valence-corrected chi connectivity index (χ2v) is 6.33. The molecular weight excluding hydrogens is 324 g/mol. The molecule has 0 bridgehead atoms. The van der Waals surface area contributed by atoms with Gasteiger partial charge in [-0.15, -0.1) is 23.7 Å². The quantitative estimate of drug-likeness (QED) is 0.885. The zero-order valence-corrected chi connectivity index (χ0v) is 12.6. The molecule has 0 aliphatic carbocycles. The highest BCUT2D eigenvalue weighted by atomic mass is 79.9. The summed E-state index contributed by atoms with van der Waals surface area (Å²) < 4.78 is 0.998.